The molecule has 4 unspecified atom stereocenters. The van der Waals surface area contributed by atoms with E-state index in [2.05, 4.69) is 10.6 Å². The van der Waals surface area contributed by atoms with Crippen LogP contribution in [0.5, 0.6) is 0 Å². The minimum Gasteiger partial charge on any atom is -0.481 e. The van der Waals surface area contributed by atoms with E-state index in [9.17, 15) is 29.1 Å². The molecule has 11 heteroatoms. The maximum atomic E-state index is 12.9. The SMILES string of the molecule is CC(C)CC(NC(=O)C(NC(=O)C1CCCN1C(=O)C(N)CCC(=O)O)C(C)C)C(=O)O. The normalized spacial score (nSPS) is 18.8. The number of carbonyl (C=O) groups is 5. The second-order valence-corrected chi connectivity index (χ2v) is 8.99. The Morgan fingerprint density at radius 1 is 1.06 bits per heavy atom. The second-order valence-electron chi connectivity index (χ2n) is 8.99. The Bertz CT molecular complexity index is 710. The van der Waals surface area contributed by atoms with Crippen LogP contribution >= 0.6 is 0 Å². The third kappa shape index (κ3) is 8.10. The summed E-state index contributed by atoms with van der Waals surface area (Å²) in [6.07, 6.45) is 0.917. The number of carboxylic acid groups (broad SMARTS) is 2. The minimum absolute atomic E-state index is 0.0392. The highest BCUT2D eigenvalue weighted by Gasteiger charge is 2.38. The van der Waals surface area contributed by atoms with Crippen molar-refractivity contribution in [2.75, 3.05) is 6.54 Å². The van der Waals surface area contributed by atoms with Crippen molar-refractivity contribution in [3.8, 4) is 0 Å². The molecule has 182 valence electrons. The number of hydrogen-bond acceptors (Lipinski definition) is 6. The summed E-state index contributed by atoms with van der Waals surface area (Å²) in [5.74, 6) is -4.11. The zero-order valence-electron chi connectivity index (χ0n) is 19.2. The Morgan fingerprint density at radius 2 is 1.69 bits per heavy atom. The molecule has 1 aliphatic heterocycles. The summed E-state index contributed by atoms with van der Waals surface area (Å²) in [6, 6.07) is -3.90. The molecule has 0 aromatic carbocycles. The number of likely N-dealkylation sites (tertiary alicyclic amines) is 1. The fourth-order valence-corrected chi connectivity index (χ4v) is 3.66. The second kappa shape index (κ2) is 12.4. The molecule has 3 amide bonds. The molecular formula is C21H36N4O7. The topological polar surface area (TPSA) is 179 Å². The van der Waals surface area contributed by atoms with Crippen LogP contribution in [0.2, 0.25) is 0 Å². The van der Waals surface area contributed by atoms with Gasteiger partial charge >= 0.3 is 11.9 Å². The first-order valence-corrected chi connectivity index (χ1v) is 11.0. The molecule has 1 aliphatic rings. The van der Waals surface area contributed by atoms with Crippen molar-refractivity contribution < 1.29 is 34.2 Å². The lowest BCUT2D eigenvalue weighted by molar-refractivity contribution is -0.144. The van der Waals surface area contributed by atoms with Crippen LogP contribution in [0.25, 0.3) is 0 Å². The van der Waals surface area contributed by atoms with E-state index in [1.807, 2.05) is 13.8 Å². The van der Waals surface area contributed by atoms with Gasteiger partial charge in [0, 0.05) is 13.0 Å². The van der Waals surface area contributed by atoms with Gasteiger partial charge in [-0.2, -0.15) is 0 Å². The van der Waals surface area contributed by atoms with Crippen molar-refractivity contribution in [1.29, 1.82) is 0 Å². The van der Waals surface area contributed by atoms with Gasteiger partial charge in [-0.3, -0.25) is 19.2 Å². The van der Waals surface area contributed by atoms with E-state index in [4.69, 9.17) is 10.8 Å². The van der Waals surface area contributed by atoms with Crippen molar-refractivity contribution in [3.05, 3.63) is 0 Å². The van der Waals surface area contributed by atoms with Crippen LogP contribution in [0, 0.1) is 11.8 Å². The summed E-state index contributed by atoms with van der Waals surface area (Å²) in [5, 5.41) is 23.3. The van der Waals surface area contributed by atoms with Gasteiger partial charge in [0.1, 0.15) is 18.1 Å². The third-order valence-corrected chi connectivity index (χ3v) is 5.39. The summed E-state index contributed by atoms with van der Waals surface area (Å²) in [5.41, 5.74) is 5.82. The fourth-order valence-electron chi connectivity index (χ4n) is 3.66. The summed E-state index contributed by atoms with van der Waals surface area (Å²) in [6.45, 7) is 7.45. The van der Waals surface area contributed by atoms with Crippen LogP contribution in [0.1, 0.15) is 59.8 Å². The van der Waals surface area contributed by atoms with E-state index >= 15 is 0 Å². The zero-order valence-corrected chi connectivity index (χ0v) is 19.2. The van der Waals surface area contributed by atoms with Crippen molar-refractivity contribution in [1.82, 2.24) is 15.5 Å². The molecule has 0 bridgehead atoms. The van der Waals surface area contributed by atoms with Crippen LogP contribution < -0.4 is 16.4 Å². The Balaban J connectivity index is 2.85. The number of amides is 3. The van der Waals surface area contributed by atoms with Crippen molar-refractivity contribution in [3.63, 3.8) is 0 Å². The standard InChI is InChI=1S/C21H36N4O7/c1-11(2)10-14(21(31)32)23-19(29)17(12(3)4)24-18(28)15-6-5-9-25(15)20(30)13(22)7-8-16(26)27/h11-15,17H,5-10,22H2,1-4H3,(H,23,29)(H,24,28)(H,26,27)(H,31,32). The van der Waals surface area contributed by atoms with Gasteiger partial charge in [-0.15, -0.1) is 0 Å². The molecule has 1 rings (SSSR count). The van der Waals surface area contributed by atoms with Gasteiger partial charge in [-0.05, 0) is 37.5 Å². The lowest BCUT2D eigenvalue weighted by Crippen LogP contribution is -2.58. The van der Waals surface area contributed by atoms with Gasteiger partial charge in [0.25, 0.3) is 0 Å². The van der Waals surface area contributed by atoms with E-state index in [0.717, 1.165) is 0 Å². The number of carbonyl (C=O) groups excluding carboxylic acids is 3. The molecule has 1 fully saturated rings. The average Bonchev–Trinajstić information content (AvgIpc) is 3.17. The monoisotopic (exact) mass is 456 g/mol. The van der Waals surface area contributed by atoms with Gasteiger partial charge in [0.05, 0.1) is 6.04 Å². The van der Waals surface area contributed by atoms with Gasteiger partial charge in [0.15, 0.2) is 0 Å². The average molecular weight is 457 g/mol. The van der Waals surface area contributed by atoms with E-state index < -0.39 is 53.8 Å². The summed E-state index contributed by atoms with van der Waals surface area (Å²) in [4.78, 5) is 61.9. The van der Waals surface area contributed by atoms with Crippen LogP contribution in [0.15, 0.2) is 0 Å². The molecule has 0 saturated carbocycles. The Labute approximate surface area is 188 Å². The predicted molar refractivity (Wildman–Crippen MR) is 115 cm³/mol. The molecule has 0 spiro atoms. The molecule has 1 heterocycles. The molecular weight excluding hydrogens is 420 g/mol. The van der Waals surface area contributed by atoms with Crippen molar-refractivity contribution in [2.45, 2.75) is 84.0 Å². The van der Waals surface area contributed by atoms with Gasteiger partial charge < -0.3 is 31.5 Å². The first kappa shape index (κ1) is 27.3. The molecule has 6 N–H and O–H groups in total. The number of hydrogen-bond donors (Lipinski definition) is 5. The number of carboxylic acids is 2. The molecule has 0 aromatic heterocycles. The van der Waals surface area contributed by atoms with E-state index in [1.54, 1.807) is 13.8 Å². The summed E-state index contributed by atoms with van der Waals surface area (Å²) < 4.78 is 0. The maximum Gasteiger partial charge on any atom is 0.326 e. The third-order valence-electron chi connectivity index (χ3n) is 5.39. The molecule has 11 nitrogen and oxygen atoms in total. The smallest absolute Gasteiger partial charge is 0.326 e. The van der Waals surface area contributed by atoms with Gasteiger partial charge in [-0.1, -0.05) is 27.7 Å². The van der Waals surface area contributed by atoms with Crippen molar-refractivity contribution >= 4 is 29.7 Å². The number of nitrogens with zero attached hydrogens (tertiary/aromatic N) is 1. The molecule has 4 atom stereocenters. The van der Waals surface area contributed by atoms with Crippen LogP contribution in [0.4, 0.5) is 0 Å². The number of aliphatic carboxylic acids is 2. The van der Waals surface area contributed by atoms with Crippen molar-refractivity contribution in [2.24, 2.45) is 17.6 Å². The first-order chi connectivity index (χ1) is 14.8. The number of nitrogens with one attached hydrogen (secondary N) is 2. The van der Waals surface area contributed by atoms with Gasteiger partial charge in [0.2, 0.25) is 17.7 Å². The summed E-state index contributed by atoms with van der Waals surface area (Å²) >= 11 is 0. The number of rotatable bonds is 12. The van der Waals surface area contributed by atoms with E-state index in [1.165, 1.54) is 4.90 Å². The predicted octanol–water partition coefficient (Wildman–Crippen LogP) is -0.0742. The first-order valence-electron chi connectivity index (χ1n) is 11.0. The van der Waals surface area contributed by atoms with E-state index in [-0.39, 0.29) is 31.1 Å². The minimum atomic E-state index is -1.15. The lowest BCUT2D eigenvalue weighted by atomic mass is 10.00. The Hall–Kier alpha value is -2.69. The highest BCUT2D eigenvalue weighted by Crippen LogP contribution is 2.20. The quantitative estimate of drug-likeness (QED) is 0.270. The van der Waals surface area contributed by atoms with Crippen LogP contribution in [0.3, 0.4) is 0 Å². The van der Waals surface area contributed by atoms with E-state index in [0.29, 0.717) is 19.4 Å². The highest BCUT2D eigenvalue weighted by molar-refractivity contribution is 5.94. The number of nitrogens with two attached hydrogens (primary N) is 1. The molecule has 1 saturated heterocycles. The van der Waals surface area contributed by atoms with Gasteiger partial charge in [-0.25, -0.2) is 4.79 Å². The molecule has 0 aliphatic carbocycles. The zero-order chi connectivity index (χ0) is 24.6. The Morgan fingerprint density at radius 3 is 2.19 bits per heavy atom. The molecule has 32 heavy (non-hydrogen) atoms. The Kier molecular flexibility index (Phi) is 10.6. The molecule has 0 aromatic rings. The summed E-state index contributed by atoms with van der Waals surface area (Å²) in [7, 11) is 0. The van der Waals surface area contributed by atoms with Crippen LogP contribution in [-0.2, 0) is 24.0 Å². The van der Waals surface area contributed by atoms with Crippen LogP contribution in [-0.4, -0.2) is 75.5 Å². The highest BCUT2D eigenvalue weighted by atomic mass is 16.4. The maximum absolute atomic E-state index is 12.9. The largest absolute Gasteiger partial charge is 0.481 e. The lowest BCUT2D eigenvalue weighted by Gasteiger charge is -2.29. The fraction of sp³-hybridized carbons (Fsp3) is 0.762. The molecule has 0 radical (unpaired) electrons.